The smallest absolute Gasteiger partial charge is 0.310 e. The van der Waals surface area contributed by atoms with Crippen molar-refractivity contribution in [1.82, 2.24) is 4.90 Å². The number of ether oxygens (including phenoxy) is 1. The van der Waals surface area contributed by atoms with Crippen molar-refractivity contribution in [3.63, 3.8) is 0 Å². The highest BCUT2D eigenvalue weighted by Crippen LogP contribution is 2.40. The van der Waals surface area contributed by atoms with Crippen LogP contribution in [-0.2, 0) is 14.3 Å². The zero-order valence-electron chi connectivity index (χ0n) is 11.8. The number of hydrogen-bond donors (Lipinski definition) is 1. The lowest BCUT2D eigenvalue weighted by molar-refractivity contribution is -0.158. The van der Waals surface area contributed by atoms with E-state index in [1.54, 1.807) is 0 Å². The fraction of sp³-hybridized carbons (Fsp3) is 0.867. The summed E-state index contributed by atoms with van der Waals surface area (Å²) >= 11 is 0. The van der Waals surface area contributed by atoms with Gasteiger partial charge in [0.05, 0.1) is 17.6 Å². The van der Waals surface area contributed by atoms with Crippen molar-refractivity contribution in [3.8, 4) is 0 Å². The van der Waals surface area contributed by atoms with Gasteiger partial charge in [-0.1, -0.05) is 19.3 Å². The molecule has 3 aliphatic rings. The Kier molecular flexibility index (Phi) is 3.71. The van der Waals surface area contributed by atoms with Crippen molar-refractivity contribution < 1.29 is 19.4 Å². The van der Waals surface area contributed by atoms with Crippen LogP contribution in [0.1, 0.15) is 51.4 Å². The van der Waals surface area contributed by atoms with Gasteiger partial charge in [-0.3, -0.25) is 9.59 Å². The first-order valence-electron chi connectivity index (χ1n) is 7.76. The van der Waals surface area contributed by atoms with Crippen LogP contribution in [0.15, 0.2) is 0 Å². The standard InChI is InChI=1S/C15H23NO4/c17-13(16-9-11-4-5-12(10-16)20-11)8-15(14(18)19)6-2-1-3-7-15/h11-12H,1-10H2,(H,18,19). The molecule has 0 spiro atoms. The van der Waals surface area contributed by atoms with E-state index in [1.807, 2.05) is 4.90 Å². The lowest BCUT2D eigenvalue weighted by atomic mass is 9.71. The number of carbonyl (C=O) groups excluding carboxylic acids is 1. The first kappa shape index (κ1) is 13.9. The molecule has 2 unspecified atom stereocenters. The molecule has 3 fully saturated rings. The van der Waals surface area contributed by atoms with Gasteiger partial charge >= 0.3 is 5.97 Å². The Morgan fingerprint density at radius 2 is 1.70 bits per heavy atom. The van der Waals surface area contributed by atoms with Crippen molar-refractivity contribution in [2.45, 2.75) is 63.6 Å². The van der Waals surface area contributed by atoms with E-state index in [0.29, 0.717) is 25.9 Å². The van der Waals surface area contributed by atoms with Gasteiger partial charge in [0.25, 0.3) is 0 Å². The summed E-state index contributed by atoms with van der Waals surface area (Å²) in [6, 6.07) is 0. The molecule has 3 rings (SSSR count). The van der Waals surface area contributed by atoms with Crippen LogP contribution in [0.2, 0.25) is 0 Å². The summed E-state index contributed by atoms with van der Waals surface area (Å²) in [5.74, 6) is -0.781. The average Bonchev–Trinajstić information content (AvgIpc) is 2.78. The second-order valence-corrected chi connectivity index (χ2v) is 6.58. The molecule has 0 aromatic carbocycles. The highest BCUT2D eigenvalue weighted by atomic mass is 16.5. The minimum atomic E-state index is -0.813. The predicted octanol–water partition coefficient (Wildman–Crippen LogP) is 1.80. The summed E-state index contributed by atoms with van der Waals surface area (Å²) in [7, 11) is 0. The lowest BCUT2D eigenvalue weighted by Gasteiger charge is -2.37. The number of likely N-dealkylation sites (tertiary alicyclic amines) is 1. The van der Waals surface area contributed by atoms with E-state index >= 15 is 0 Å². The van der Waals surface area contributed by atoms with Gasteiger partial charge in [0.2, 0.25) is 5.91 Å². The van der Waals surface area contributed by atoms with E-state index in [4.69, 9.17) is 4.74 Å². The van der Waals surface area contributed by atoms with Gasteiger partial charge in [0.15, 0.2) is 0 Å². The topological polar surface area (TPSA) is 66.8 Å². The number of rotatable bonds is 3. The SMILES string of the molecule is O=C(CC1(C(=O)O)CCCCC1)N1CC2CCC(C1)O2. The minimum Gasteiger partial charge on any atom is -0.481 e. The van der Waals surface area contributed by atoms with E-state index in [0.717, 1.165) is 32.1 Å². The van der Waals surface area contributed by atoms with E-state index in [2.05, 4.69) is 0 Å². The summed E-state index contributed by atoms with van der Waals surface area (Å²) in [6.07, 6.45) is 6.79. The number of aliphatic carboxylic acids is 1. The second kappa shape index (κ2) is 5.35. The Hall–Kier alpha value is -1.10. The quantitative estimate of drug-likeness (QED) is 0.856. The van der Waals surface area contributed by atoms with Gasteiger partial charge in [0.1, 0.15) is 0 Å². The maximum atomic E-state index is 12.5. The lowest BCUT2D eigenvalue weighted by Crippen LogP contribution is -2.48. The molecule has 1 amide bonds. The van der Waals surface area contributed by atoms with Crippen LogP contribution in [0.4, 0.5) is 0 Å². The fourth-order valence-corrected chi connectivity index (χ4v) is 3.91. The highest BCUT2D eigenvalue weighted by Gasteiger charge is 2.44. The molecule has 2 heterocycles. The van der Waals surface area contributed by atoms with Gasteiger partial charge in [0, 0.05) is 19.5 Å². The third-order valence-corrected chi connectivity index (χ3v) is 5.15. The Morgan fingerprint density at radius 3 is 2.25 bits per heavy atom. The Bertz CT molecular complexity index is 391. The number of carboxylic acids is 1. The number of hydrogen-bond acceptors (Lipinski definition) is 3. The molecule has 1 N–H and O–H groups in total. The number of carboxylic acid groups (broad SMARTS) is 1. The van der Waals surface area contributed by atoms with Crippen LogP contribution in [0.3, 0.4) is 0 Å². The van der Waals surface area contributed by atoms with Gasteiger partial charge in [-0.25, -0.2) is 0 Å². The molecule has 5 heteroatoms. The van der Waals surface area contributed by atoms with Gasteiger partial charge in [-0.15, -0.1) is 0 Å². The largest absolute Gasteiger partial charge is 0.481 e. The summed E-state index contributed by atoms with van der Waals surface area (Å²) < 4.78 is 5.73. The average molecular weight is 281 g/mol. The maximum Gasteiger partial charge on any atom is 0.310 e. The zero-order valence-corrected chi connectivity index (χ0v) is 11.8. The number of amides is 1. The molecule has 2 saturated heterocycles. The molecular formula is C15H23NO4. The van der Waals surface area contributed by atoms with Crippen LogP contribution in [0.25, 0.3) is 0 Å². The van der Waals surface area contributed by atoms with Crippen LogP contribution in [0.5, 0.6) is 0 Å². The summed E-state index contributed by atoms with van der Waals surface area (Å²) in [4.78, 5) is 26.0. The molecule has 0 aromatic heterocycles. The second-order valence-electron chi connectivity index (χ2n) is 6.58. The van der Waals surface area contributed by atoms with Crippen LogP contribution < -0.4 is 0 Å². The van der Waals surface area contributed by atoms with E-state index in [9.17, 15) is 14.7 Å². The summed E-state index contributed by atoms with van der Waals surface area (Å²) in [6.45, 7) is 1.29. The molecule has 112 valence electrons. The molecule has 2 atom stereocenters. The van der Waals surface area contributed by atoms with E-state index in [1.165, 1.54) is 0 Å². The van der Waals surface area contributed by atoms with Crippen LogP contribution in [0, 0.1) is 5.41 Å². The van der Waals surface area contributed by atoms with Gasteiger partial charge in [-0.05, 0) is 25.7 Å². The van der Waals surface area contributed by atoms with Crippen LogP contribution >= 0.6 is 0 Å². The molecular weight excluding hydrogens is 258 g/mol. The maximum absolute atomic E-state index is 12.5. The van der Waals surface area contributed by atoms with E-state index in [-0.39, 0.29) is 24.5 Å². The van der Waals surface area contributed by atoms with E-state index < -0.39 is 11.4 Å². The van der Waals surface area contributed by atoms with Crippen molar-refractivity contribution in [2.24, 2.45) is 5.41 Å². The zero-order chi connectivity index (χ0) is 14.2. The Labute approximate surface area is 119 Å². The molecule has 0 radical (unpaired) electrons. The molecule has 1 aliphatic carbocycles. The van der Waals surface area contributed by atoms with Crippen molar-refractivity contribution >= 4 is 11.9 Å². The third-order valence-electron chi connectivity index (χ3n) is 5.15. The number of nitrogens with zero attached hydrogens (tertiary/aromatic N) is 1. The summed E-state index contributed by atoms with van der Waals surface area (Å²) in [5.41, 5.74) is -0.813. The normalized spacial score (nSPS) is 32.1. The number of fused-ring (bicyclic) bond motifs is 2. The third kappa shape index (κ3) is 2.55. The van der Waals surface area contributed by atoms with Gasteiger partial charge < -0.3 is 14.7 Å². The number of morpholine rings is 1. The number of carbonyl (C=O) groups is 2. The minimum absolute atomic E-state index is 0.00880. The van der Waals surface area contributed by atoms with Crippen molar-refractivity contribution in [2.75, 3.05) is 13.1 Å². The first-order valence-corrected chi connectivity index (χ1v) is 7.76. The van der Waals surface area contributed by atoms with Crippen LogP contribution in [-0.4, -0.2) is 47.2 Å². The summed E-state index contributed by atoms with van der Waals surface area (Å²) in [5, 5.41) is 9.56. The Morgan fingerprint density at radius 1 is 1.10 bits per heavy atom. The fourth-order valence-electron chi connectivity index (χ4n) is 3.91. The van der Waals surface area contributed by atoms with Crippen molar-refractivity contribution in [1.29, 1.82) is 0 Å². The van der Waals surface area contributed by atoms with Gasteiger partial charge in [-0.2, -0.15) is 0 Å². The molecule has 2 aliphatic heterocycles. The molecule has 2 bridgehead atoms. The first-order chi connectivity index (χ1) is 9.59. The molecule has 1 saturated carbocycles. The van der Waals surface area contributed by atoms with Crippen molar-refractivity contribution in [3.05, 3.63) is 0 Å². The monoisotopic (exact) mass is 281 g/mol. The Balaban J connectivity index is 1.66. The highest BCUT2D eigenvalue weighted by molar-refractivity contribution is 5.85. The molecule has 5 nitrogen and oxygen atoms in total. The molecule has 20 heavy (non-hydrogen) atoms. The predicted molar refractivity (Wildman–Crippen MR) is 72.2 cm³/mol. The molecule has 0 aromatic rings.